The van der Waals surface area contributed by atoms with Gasteiger partial charge in [0.1, 0.15) is 11.6 Å². The van der Waals surface area contributed by atoms with E-state index in [4.69, 9.17) is 14.7 Å². The first-order valence-corrected chi connectivity index (χ1v) is 5.36. The van der Waals surface area contributed by atoms with Gasteiger partial charge in [0, 0.05) is 7.05 Å². The van der Waals surface area contributed by atoms with E-state index in [0.29, 0.717) is 5.56 Å². The number of rotatable bonds is 4. The summed E-state index contributed by atoms with van der Waals surface area (Å²) in [5, 5.41) is 21.0. The molecule has 0 fully saturated rings. The summed E-state index contributed by atoms with van der Waals surface area (Å²) in [6.07, 6.45) is 1.38. The number of amides is 1. The molecule has 0 aliphatic carbocycles. The summed E-state index contributed by atoms with van der Waals surface area (Å²) in [5.74, 6) is -0.242. The molecule has 19 heavy (non-hydrogen) atoms. The van der Waals surface area contributed by atoms with Gasteiger partial charge in [-0.2, -0.15) is 5.26 Å². The fourth-order valence-electron chi connectivity index (χ4n) is 1.45. The zero-order valence-electron chi connectivity index (χ0n) is 10.9. The molecular formula is C13H14N2O4. The molecule has 6 nitrogen and oxygen atoms in total. The largest absolute Gasteiger partial charge is 0.502 e. The first-order valence-electron chi connectivity index (χ1n) is 5.36. The van der Waals surface area contributed by atoms with Crippen molar-refractivity contribution < 1.29 is 19.4 Å². The predicted molar refractivity (Wildman–Crippen MR) is 68.9 cm³/mol. The lowest BCUT2D eigenvalue weighted by atomic mass is 10.1. The van der Waals surface area contributed by atoms with E-state index in [0.717, 1.165) is 0 Å². The summed E-state index contributed by atoms with van der Waals surface area (Å²) in [5.41, 5.74) is 0.448. The van der Waals surface area contributed by atoms with Crippen molar-refractivity contribution in [3.63, 3.8) is 0 Å². The number of nitrogens with one attached hydrogen (secondary N) is 1. The quantitative estimate of drug-likeness (QED) is 0.625. The zero-order chi connectivity index (χ0) is 14.4. The molecule has 0 aromatic heterocycles. The van der Waals surface area contributed by atoms with Gasteiger partial charge in [-0.3, -0.25) is 4.79 Å². The number of hydrogen-bond acceptors (Lipinski definition) is 5. The van der Waals surface area contributed by atoms with E-state index < -0.39 is 5.91 Å². The molecule has 1 amide bonds. The highest BCUT2D eigenvalue weighted by Gasteiger charge is 2.12. The summed E-state index contributed by atoms with van der Waals surface area (Å²) in [7, 11) is 4.23. The highest BCUT2D eigenvalue weighted by molar-refractivity contribution is 6.01. The molecule has 0 unspecified atom stereocenters. The second-order valence-electron chi connectivity index (χ2n) is 3.52. The Balaban J connectivity index is 3.32. The van der Waals surface area contributed by atoms with Crippen LogP contribution in [0.4, 0.5) is 0 Å². The van der Waals surface area contributed by atoms with Gasteiger partial charge in [0.05, 0.1) is 14.2 Å². The molecule has 0 saturated heterocycles. The molecule has 6 heteroatoms. The van der Waals surface area contributed by atoms with Crippen LogP contribution in [0.5, 0.6) is 17.2 Å². The highest BCUT2D eigenvalue weighted by Crippen LogP contribution is 2.37. The van der Waals surface area contributed by atoms with E-state index in [1.54, 1.807) is 6.07 Å². The Morgan fingerprint density at radius 2 is 1.89 bits per heavy atom. The number of aromatic hydroxyl groups is 1. The molecular weight excluding hydrogens is 248 g/mol. The van der Waals surface area contributed by atoms with Gasteiger partial charge >= 0.3 is 0 Å². The number of carbonyl (C=O) groups is 1. The van der Waals surface area contributed by atoms with Crippen LogP contribution in [0.3, 0.4) is 0 Å². The smallest absolute Gasteiger partial charge is 0.261 e. The molecule has 1 rings (SSSR count). The van der Waals surface area contributed by atoms with Gasteiger partial charge in [0.2, 0.25) is 5.75 Å². The van der Waals surface area contributed by atoms with Crippen molar-refractivity contribution in [3.8, 4) is 23.3 Å². The Kier molecular flexibility index (Phi) is 4.77. The summed E-state index contributed by atoms with van der Waals surface area (Å²) in [6, 6.07) is 4.79. The molecule has 0 aliphatic rings. The van der Waals surface area contributed by atoms with Crippen molar-refractivity contribution in [2.24, 2.45) is 0 Å². The number of hydrogen-bond donors (Lipinski definition) is 2. The monoisotopic (exact) mass is 262 g/mol. The van der Waals surface area contributed by atoms with Crippen molar-refractivity contribution in [3.05, 3.63) is 23.3 Å². The molecule has 100 valence electrons. The number of likely N-dealkylation sites (N-methyl/N-ethyl adjacent to an activating group) is 1. The Hall–Kier alpha value is -2.68. The first-order chi connectivity index (χ1) is 9.07. The summed E-state index contributed by atoms with van der Waals surface area (Å²) in [4.78, 5) is 11.4. The molecule has 0 saturated carbocycles. The van der Waals surface area contributed by atoms with Crippen molar-refractivity contribution in [1.82, 2.24) is 5.32 Å². The van der Waals surface area contributed by atoms with E-state index >= 15 is 0 Å². The second kappa shape index (κ2) is 6.31. The van der Waals surface area contributed by atoms with Gasteiger partial charge in [0.25, 0.3) is 5.91 Å². The average Bonchev–Trinajstić information content (AvgIpc) is 2.45. The molecule has 2 N–H and O–H groups in total. The predicted octanol–water partition coefficient (Wildman–Crippen LogP) is 1.06. The fourth-order valence-corrected chi connectivity index (χ4v) is 1.45. The van der Waals surface area contributed by atoms with Gasteiger partial charge in [-0.1, -0.05) is 0 Å². The van der Waals surface area contributed by atoms with Crippen LogP contribution in [0.25, 0.3) is 6.08 Å². The Labute approximate surface area is 110 Å². The standard InChI is InChI=1S/C13H14N2O4/c1-15-13(17)9(7-14)4-8-5-10(18-2)12(16)11(6-8)19-3/h4-6,16H,1-3H3,(H,15,17)/b9-4+. The Morgan fingerprint density at radius 3 is 2.26 bits per heavy atom. The number of phenols is 1. The first kappa shape index (κ1) is 14.4. The Bertz CT molecular complexity index is 533. The minimum atomic E-state index is -0.492. The maximum Gasteiger partial charge on any atom is 0.261 e. The molecule has 0 spiro atoms. The number of nitriles is 1. The normalized spacial score (nSPS) is 10.5. The van der Waals surface area contributed by atoms with Crippen LogP contribution in [0.2, 0.25) is 0 Å². The van der Waals surface area contributed by atoms with Crippen LogP contribution in [0.1, 0.15) is 5.56 Å². The molecule has 0 radical (unpaired) electrons. The van der Waals surface area contributed by atoms with Crippen molar-refractivity contribution >= 4 is 12.0 Å². The number of phenolic OH excluding ortho intramolecular Hbond substituents is 1. The minimum Gasteiger partial charge on any atom is -0.502 e. The van der Waals surface area contributed by atoms with Crippen LogP contribution in [-0.2, 0) is 4.79 Å². The van der Waals surface area contributed by atoms with Crippen LogP contribution in [-0.4, -0.2) is 32.3 Å². The summed E-state index contributed by atoms with van der Waals surface area (Å²) < 4.78 is 9.97. The molecule has 1 aromatic rings. The Morgan fingerprint density at radius 1 is 1.37 bits per heavy atom. The van der Waals surface area contributed by atoms with Gasteiger partial charge in [-0.15, -0.1) is 0 Å². The average molecular weight is 262 g/mol. The van der Waals surface area contributed by atoms with E-state index in [2.05, 4.69) is 5.32 Å². The van der Waals surface area contributed by atoms with E-state index in [1.165, 1.54) is 39.5 Å². The molecule has 0 heterocycles. The molecule has 0 bridgehead atoms. The van der Waals surface area contributed by atoms with Gasteiger partial charge in [-0.25, -0.2) is 0 Å². The number of methoxy groups -OCH3 is 2. The number of ether oxygens (including phenoxy) is 2. The van der Waals surface area contributed by atoms with Gasteiger partial charge in [-0.05, 0) is 23.8 Å². The van der Waals surface area contributed by atoms with Crippen LogP contribution < -0.4 is 14.8 Å². The lowest BCUT2D eigenvalue weighted by molar-refractivity contribution is -0.116. The SMILES string of the molecule is CNC(=O)/C(C#N)=C/c1cc(OC)c(O)c(OC)c1. The summed E-state index contributed by atoms with van der Waals surface area (Å²) in [6.45, 7) is 0. The lowest BCUT2D eigenvalue weighted by Crippen LogP contribution is -2.19. The molecule has 1 aromatic carbocycles. The van der Waals surface area contributed by atoms with Gasteiger partial charge in [0.15, 0.2) is 11.5 Å². The van der Waals surface area contributed by atoms with E-state index in [-0.39, 0.29) is 22.8 Å². The van der Waals surface area contributed by atoms with Gasteiger partial charge < -0.3 is 19.9 Å². The third-order valence-corrected chi connectivity index (χ3v) is 2.41. The fraction of sp³-hybridized carbons (Fsp3) is 0.231. The highest BCUT2D eigenvalue weighted by atomic mass is 16.5. The van der Waals surface area contributed by atoms with Crippen molar-refractivity contribution in [2.75, 3.05) is 21.3 Å². The van der Waals surface area contributed by atoms with Crippen LogP contribution in [0.15, 0.2) is 17.7 Å². The zero-order valence-corrected chi connectivity index (χ0v) is 10.9. The summed E-state index contributed by atoms with van der Waals surface area (Å²) >= 11 is 0. The lowest BCUT2D eigenvalue weighted by Gasteiger charge is -2.09. The van der Waals surface area contributed by atoms with Crippen LogP contribution >= 0.6 is 0 Å². The maximum absolute atomic E-state index is 11.4. The third-order valence-electron chi connectivity index (χ3n) is 2.41. The van der Waals surface area contributed by atoms with E-state index in [9.17, 15) is 9.90 Å². The van der Waals surface area contributed by atoms with Crippen LogP contribution in [0, 0.1) is 11.3 Å². The number of benzene rings is 1. The maximum atomic E-state index is 11.4. The molecule has 0 aliphatic heterocycles. The number of carbonyl (C=O) groups excluding carboxylic acids is 1. The second-order valence-corrected chi connectivity index (χ2v) is 3.52. The van der Waals surface area contributed by atoms with Crippen molar-refractivity contribution in [1.29, 1.82) is 5.26 Å². The molecule has 0 atom stereocenters. The number of nitrogens with zero attached hydrogens (tertiary/aromatic N) is 1. The minimum absolute atomic E-state index is 0.0581. The third kappa shape index (κ3) is 3.16. The van der Waals surface area contributed by atoms with E-state index in [1.807, 2.05) is 0 Å². The topological polar surface area (TPSA) is 91.6 Å². The van der Waals surface area contributed by atoms with Crippen molar-refractivity contribution in [2.45, 2.75) is 0 Å².